The number of hydrogen-bond donors (Lipinski definition) is 0. The van der Waals surface area contributed by atoms with E-state index in [1.54, 1.807) is 0 Å². The van der Waals surface area contributed by atoms with Crippen LogP contribution < -0.4 is 4.74 Å². The minimum atomic E-state index is -0.566. The monoisotopic (exact) mass is 482 g/mol. The van der Waals surface area contributed by atoms with Crippen molar-refractivity contribution < 1.29 is 18.8 Å². The van der Waals surface area contributed by atoms with E-state index in [1.807, 2.05) is 32.0 Å². The molecule has 0 amide bonds. The highest BCUT2D eigenvalue weighted by atomic mass is 16.7. The smallest absolute Gasteiger partial charge is 0.317 e. The average Bonchev–Trinajstić information content (AvgIpc) is 2.84. The summed E-state index contributed by atoms with van der Waals surface area (Å²) in [5.74, 6) is 0.336. The van der Waals surface area contributed by atoms with Crippen LogP contribution in [0, 0.1) is 5.92 Å². The van der Waals surface area contributed by atoms with Crippen LogP contribution in [-0.2, 0) is 22.5 Å². The Bertz CT molecular complexity index is 832. The van der Waals surface area contributed by atoms with Gasteiger partial charge in [0.15, 0.2) is 0 Å². The van der Waals surface area contributed by atoms with E-state index in [2.05, 4.69) is 57.4 Å². The lowest BCUT2D eigenvalue weighted by Gasteiger charge is -2.32. The van der Waals surface area contributed by atoms with Gasteiger partial charge in [-0.15, -0.1) is 0 Å². The topological polar surface area (TPSA) is 35.5 Å². The van der Waals surface area contributed by atoms with Crippen molar-refractivity contribution in [2.45, 2.75) is 91.4 Å². The van der Waals surface area contributed by atoms with Gasteiger partial charge in [0.1, 0.15) is 18.2 Å². The number of hydrogen-bond acceptors (Lipinski definition) is 3. The highest BCUT2D eigenvalue weighted by Crippen LogP contribution is 2.19. The molecule has 0 N–H and O–H groups in total. The van der Waals surface area contributed by atoms with Crippen molar-refractivity contribution in [3.8, 4) is 5.75 Å². The van der Waals surface area contributed by atoms with Gasteiger partial charge in [-0.25, -0.2) is 0 Å². The number of unbranched alkanes of at least 4 members (excludes halogenated alkanes) is 6. The second-order valence-electron chi connectivity index (χ2n) is 10.6. The van der Waals surface area contributed by atoms with E-state index in [4.69, 9.17) is 9.47 Å². The number of nitrogens with zero attached hydrogens (tertiary/aromatic N) is 1. The minimum Gasteiger partial charge on any atom is -0.455 e. The molecule has 0 aliphatic heterocycles. The first-order valence-corrected chi connectivity index (χ1v) is 13.6. The largest absolute Gasteiger partial charge is 0.455 e. The van der Waals surface area contributed by atoms with Gasteiger partial charge in [-0.1, -0.05) is 94.8 Å². The Morgan fingerprint density at radius 2 is 1.46 bits per heavy atom. The number of esters is 1. The number of carbonyl (C=O) groups is 1. The number of aryl methyl sites for hydroxylation is 1. The summed E-state index contributed by atoms with van der Waals surface area (Å²) in [6.45, 7) is 7.76. The maximum atomic E-state index is 12.8. The molecule has 0 fully saturated rings. The molecule has 0 aliphatic rings. The van der Waals surface area contributed by atoms with Crippen molar-refractivity contribution in [1.29, 1.82) is 0 Å². The summed E-state index contributed by atoms with van der Waals surface area (Å²) in [4.78, 5) is 12.8. The van der Waals surface area contributed by atoms with Crippen molar-refractivity contribution in [3.05, 3.63) is 65.7 Å². The van der Waals surface area contributed by atoms with E-state index in [0.29, 0.717) is 13.0 Å². The molecular formula is C31H48NO3+. The van der Waals surface area contributed by atoms with Crippen molar-refractivity contribution in [1.82, 2.24) is 0 Å². The van der Waals surface area contributed by atoms with Crippen LogP contribution in [0.1, 0.15) is 83.3 Å². The highest BCUT2D eigenvalue weighted by Gasteiger charge is 2.27. The van der Waals surface area contributed by atoms with Crippen LogP contribution in [0.3, 0.4) is 0 Å². The zero-order valence-electron chi connectivity index (χ0n) is 22.8. The first-order chi connectivity index (χ1) is 16.8. The van der Waals surface area contributed by atoms with Crippen LogP contribution >= 0.6 is 0 Å². The van der Waals surface area contributed by atoms with Gasteiger partial charge >= 0.3 is 5.97 Å². The minimum absolute atomic E-state index is 0.202. The van der Waals surface area contributed by atoms with Gasteiger partial charge in [-0.2, -0.15) is 0 Å². The standard InChI is InChI=1S/C31H48NO3/c1-6-8-9-10-11-12-14-17-27-20-22-29(23-21-27)34-30(7-2)35-31(33)26(3)24-32(4,5)25-28-18-15-13-16-19-28/h13,15-16,18-23,26,30H,6-12,14,17,24-25H2,1-5H3/q+1. The number of ether oxygens (including phenoxy) is 2. The molecule has 0 saturated carbocycles. The lowest BCUT2D eigenvalue weighted by atomic mass is 10.0. The number of carbonyl (C=O) groups excluding carboxylic acids is 1. The van der Waals surface area contributed by atoms with Crippen LogP contribution in [0.2, 0.25) is 0 Å². The predicted molar refractivity (Wildman–Crippen MR) is 145 cm³/mol. The maximum absolute atomic E-state index is 12.8. The zero-order valence-corrected chi connectivity index (χ0v) is 22.8. The molecule has 0 radical (unpaired) electrons. The number of rotatable bonds is 17. The highest BCUT2D eigenvalue weighted by molar-refractivity contribution is 5.72. The third-order valence-electron chi connectivity index (χ3n) is 6.46. The van der Waals surface area contributed by atoms with Gasteiger partial charge in [-0.3, -0.25) is 4.79 Å². The van der Waals surface area contributed by atoms with Crippen LogP contribution in [0.5, 0.6) is 5.75 Å². The van der Waals surface area contributed by atoms with E-state index in [-0.39, 0.29) is 11.9 Å². The summed E-state index contributed by atoms with van der Waals surface area (Å²) in [5, 5.41) is 0. The summed E-state index contributed by atoms with van der Waals surface area (Å²) in [5.41, 5.74) is 2.60. The van der Waals surface area contributed by atoms with Gasteiger partial charge in [0.2, 0.25) is 6.29 Å². The summed E-state index contributed by atoms with van der Waals surface area (Å²) in [6.07, 6.45) is 10.4. The fourth-order valence-corrected chi connectivity index (χ4v) is 4.57. The maximum Gasteiger partial charge on any atom is 0.317 e. The van der Waals surface area contributed by atoms with E-state index < -0.39 is 6.29 Å². The van der Waals surface area contributed by atoms with E-state index >= 15 is 0 Å². The fourth-order valence-electron chi connectivity index (χ4n) is 4.57. The first-order valence-electron chi connectivity index (χ1n) is 13.6. The molecule has 2 rings (SSSR count). The first kappa shape index (κ1) is 28.9. The molecule has 0 spiro atoms. The van der Waals surface area contributed by atoms with Crippen molar-refractivity contribution in [2.75, 3.05) is 20.6 Å². The Morgan fingerprint density at radius 3 is 2.09 bits per heavy atom. The van der Waals surface area contributed by atoms with Gasteiger partial charge in [0.25, 0.3) is 0 Å². The Morgan fingerprint density at radius 1 is 0.829 bits per heavy atom. The summed E-state index contributed by atoms with van der Waals surface area (Å²) >= 11 is 0. The summed E-state index contributed by atoms with van der Waals surface area (Å²) in [6, 6.07) is 18.6. The molecule has 2 aromatic rings. The molecule has 35 heavy (non-hydrogen) atoms. The van der Waals surface area contributed by atoms with E-state index in [9.17, 15) is 4.79 Å². The average molecular weight is 483 g/mol. The molecule has 2 aromatic carbocycles. The zero-order chi connectivity index (χ0) is 25.5. The third kappa shape index (κ3) is 11.8. The van der Waals surface area contributed by atoms with Crippen molar-refractivity contribution in [3.63, 3.8) is 0 Å². The van der Waals surface area contributed by atoms with Gasteiger partial charge in [0.05, 0.1) is 20.6 Å². The number of benzene rings is 2. The Kier molecular flexibility index (Phi) is 12.9. The SMILES string of the molecule is CCCCCCCCCc1ccc(OC(CC)OC(=O)C(C)C[N+](C)(C)Cc2ccccc2)cc1. The molecule has 0 bridgehead atoms. The van der Waals surface area contributed by atoms with E-state index in [1.165, 1.54) is 56.1 Å². The second-order valence-corrected chi connectivity index (χ2v) is 10.6. The second kappa shape index (κ2) is 15.6. The van der Waals surface area contributed by atoms with Crippen LogP contribution in [0.25, 0.3) is 0 Å². The lowest BCUT2D eigenvalue weighted by Crippen LogP contribution is -2.44. The number of quaternary nitrogens is 1. The molecule has 0 aromatic heterocycles. The summed E-state index contributed by atoms with van der Waals surface area (Å²) < 4.78 is 12.5. The quantitative estimate of drug-likeness (QED) is 0.101. The third-order valence-corrected chi connectivity index (χ3v) is 6.46. The van der Waals surface area contributed by atoms with Gasteiger partial charge in [0, 0.05) is 12.0 Å². The molecule has 2 atom stereocenters. The van der Waals surface area contributed by atoms with Gasteiger partial charge < -0.3 is 14.0 Å². The van der Waals surface area contributed by atoms with Crippen LogP contribution in [0.4, 0.5) is 0 Å². The van der Waals surface area contributed by atoms with Crippen molar-refractivity contribution >= 4 is 5.97 Å². The Hall–Kier alpha value is -2.33. The summed E-state index contributed by atoms with van der Waals surface area (Å²) in [7, 11) is 4.30. The molecular weight excluding hydrogens is 434 g/mol. The van der Waals surface area contributed by atoms with E-state index in [0.717, 1.165) is 23.2 Å². The van der Waals surface area contributed by atoms with Gasteiger partial charge in [-0.05, 0) is 37.5 Å². The Labute approximate surface area is 214 Å². The molecule has 0 saturated heterocycles. The Balaban J connectivity index is 1.76. The van der Waals surface area contributed by atoms with Crippen LogP contribution in [0.15, 0.2) is 54.6 Å². The lowest BCUT2D eigenvalue weighted by molar-refractivity contribution is -0.905. The molecule has 0 heterocycles. The molecule has 4 nitrogen and oxygen atoms in total. The fraction of sp³-hybridized carbons (Fsp3) is 0.581. The predicted octanol–water partition coefficient (Wildman–Crippen LogP) is 7.55. The molecule has 194 valence electrons. The molecule has 0 aliphatic carbocycles. The molecule has 2 unspecified atom stereocenters. The van der Waals surface area contributed by atoms with Crippen LogP contribution in [-0.4, -0.2) is 37.4 Å². The van der Waals surface area contributed by atoms with Crippen molar-refractivity contribution in [2.24, 2.45) is 5.92 Å². The molecule has 4 heteroatoms. The normalized spacial score (nSPS) is 13.3.